The Morgan fingerprint density at radius 2 is 1.73 bits per heavy atom. The Morgan fingerprint density at radius 3 is 2.48 bits per heavy atom. The number of para-hydroxylation sites is 1. The van der Waals surface area contributed by atoms with Gasteiger partial charge < -0.3 is 14.5 Å². The van der Waals surface area contributed by atoms with E-state index in [1.165, 1.54) is 11.1 Å². The summed E-state index contributed by atoms with van der Waals surface area (Å²) in [4.78, 5) is 29.6. The standard InChI is InChI=1S/C28H36N2O3/c1-22-10-12-23(13-11-22)19-26(31)30-17-15-28(16-18-30)14-6-5-8-24-7-3-4-9-25(24)33-20-27(32)29(2)21-28/h3-4,7,9-13H,5-6,8,14-21H2,1-2H3. The smallest absolute Gasteiger partial charge is 0.260 e. The zero-order valence-corrected chi connectivity index (χ0v) is 20.0. The van der Waals surface area contributed by atoms with Crippen LogP contribution in [-0.4, -0.2) is 54.9 Å². The van der Waals surface area contributed by atoms with Crippen molar-refractivity contribution in [3.63, 3.8) is 0 Å². The first-order chi connectivity index (χ1) is 15.9. The Balaban J connectivity index is 1.39. The van der Waals surface area contributed by atoms with E-state index in [4.69, 9.17) is 4.74 Å². The third-order valence-corrected chi connectivity index (χ3v) is 7.38. The molecule has 0 N–H and O–H groups in total. The number of amides is 2. The monoisotopic (exact) mass is 448 g/mol. The maximum Gasteiger partial charge on any atom is 0.260 e. The van der Waals surface area contributed by atoms with Crippen LogP contribution in [0.1, 0.15) is 48.8 Å². The molecular formula is C28H36N2O3. The van der Waals surface area contributed by atoms with Crippen molar-refractivity contribution in [2.24, 2.45) is 5.41 Å². The molecule has 2 aromatic carbocycles. The lowest BCUT2D eigenvalue weighted by Crippen LogP contribution is -2.49. The number of ether oxygens (including phenoxy) is 1. The van der Waals surface area contributed by atoms with Gasteiger partial charge in [-0.25, -0.2) is 0 Å². The second kappa shape index (κ2) is 10.4. The van der Waals surface area contributed by atoms with Crippen molar-refractivity contribution >= 4 is 11.8 Å². The Hall–Kier alpha value is -2.82. The molecule has 2 aromatic rings. The van der Waals surface area contributed by atoms with Gasteiger partial charge >= 0.3 is 0 Å². The van der Waals surface area contributed by atoms with Crippen molar-refractivity contribution in [2.75, 3.05) is 33.3 Å². The van der Waals surface area contributed by atoms with E-state index in [2.05, 4.69) is 25.1 Å². The van der Waals surface area contributed by atoms with E-state index in [1.54, 1.807) is 0 Å². The van der Waals surface area contributed by atoms with E-state index >= 15 is 0 Å². The van der Waals surface area contributed by atoms with Crippen molar-refractivity contribution < 1.29 is 14.3 Å². The molecule has 2 heterocycles. The van der Waals surface area contributed by atoms with Gasteiger partial charge in [0.25, 0.3) is 5.91 Å². The zero-order valence-electron chi connectivity index (χ0n) is 20.0. The van der Waals surface area contributed by atoms with Crippen molar-refractivity contribution in [1.29, 1.82) is 0 Å². The number of hydrogen-bond donors (Lipinski definition) is 0. The van der Waals surface area contributed by atoms with Gasteiger partial charge in [-0.3, -0.25) is 9.59 Å². The average Bonchev–Trinajstić information content (AvgIpc) is 2.82. The number of benzene rings is 2. The van der Waals surface area contributed by atoms with Gasteiger partial charge in [-0.15, -0.1) is 0 Å². The van der Waals surface area contributed by atoms with Crippen molar-refractivity contribution in [3.8, 4) is 5.75 Å². The molecule has 33 heavy (non-hydrogen) atoms. The van der Waals surface area contributed by atoms with Gasteiger partial charge in [0.05, 0.1) is 6.42 Å². The summed E-state index contributed by atoms with van der Waals surface area (Å²) in [6.45, 7) is 4.41. The van der Waals surface area contributed by atoms with Gasteiger partial charge in [-0.2, -0.15) is 0 Å². The highest BCUT2D eigenvalue weighted by Crippen LogP contribution is 2.38. The van der Waals surface area contributed by atoms with Crippen LogP contribution in [0.5, 0.6) is 5.75 Å². The lowest BCUT2D eigenvalue weighted by Gasteiger charge is -2.44. The summed E-state index contributed by atoms with van der Waals surface area (Å²) in [6, 6.07) is 16.3. The normalized spacial score (nSPS) is 19.3. The van der Waals surface area contributed by atoms with Crippen LogP contribution in [0.4, 0.5) is 0 Å². The number of likely N-dealkylation sites (N-methyl/N-ethyl adjacent to an activating group) is 1. The minimum atomic E-state index is 0.0163. The van der Waals surface area contributed by atoms with Gasteiger partial charge in [0, 0.05) is 26.7 Å². The molecule has 2 aliphatic rings. The highest BCUT2D eigenvalue weighted by atomic mass is 16.5. The molecule has 0 aromatic heterocycles. The fraction of sp³-hybridized carbons (Fsp3) is 0.500. The van der Waals surface area contributed by atoms with Gasteiger partial charge in [0.2, 0.25) is 5.91 Å². The largest absolute Gasteiger partial charge is 0.483 e. The first-order valence-corrected chi connectivity index (χ1v) is 12.2. The molecule has 0 unspecified atom stereocenters. The molecule has 176 valence electrons. The number of rotatable bonds is 2. The van der Waals surface area contributed by atoms with Gasteiger partial charge in [0.15, 0.2) is 6.61 Å². The minimum Gasteiger partial charge on any atom is -0.483 e. The third-order valence-electron chi connectivity index (χ3n) is 7.38. The number of likely N-dealkylation sites (tertiary alicyclic amines) is 1. The first-order valence-electron chi connectivity index (χ1n) is 12.2. The highest BCUT2D eigenvalue weighted by Gasteiger charge is 2.37. The second-order valence-electron chi connectivity index (χ2n) is 9.90. The quantitative estimate of drug-likeness (QED) is 0.684. The van der Waals surface area contributed by atoms with Crippen LogP contribution in [-0.2, 0) is 22.4 Å². The molecule has 1 fully saturated rings. The summed E-state index contributed by atoms with van der Waals surface area (Å²) in [5, 5.41) is 0. The Kier molecular flexibility index (Phi) is 7.36. The molecule has 4 rings (SSSR count). The fourth-order valence-electron chi connectivity index (χ4n) is 5.22. The summed E-state index contributed by atoms with van der Waals surface area (Å²) in [5.41, 5.74) is 3.53. The molecule has 1 saturated heterocycles. The zero-order chi connectivity index (χ0) is 23.3. The predicted octanol–water partition coefficient (Wildman–Crippen LogP) is 4.41. The summed E-state index contributed by atoms with van der Waals surface area (Å²) in [7, 11) is 1.89. The maximum absolute atomic E-state index is 12.9. The molecule has 0 aliphatic carbocycles. The number of aryl methyl sites for hydroxylation is 2. The number of carbonyl (C=O) groups is 2. The van der Waals surface area contributed by atoms with E-state index in [1.807, 2.05) is 47.2 Å². The third kappa shape index (κ3) is 5.95. The van der Waals surface area contributed by atoms with Crippen molar-refractivity contribution in [2.45, 2.75) is 51.9 Å². The van der Waals surface area contributed by atoms with Crippen LogP contribution in [0.25, 0.3) is 0 Å². The molecule has 5 nitrogen and oxygen atoms in total. The molecule has 0 atom stereocenters. The van der Waals surface area contributed by atoms with Crippen molar-refractivity contribution in [1.82, 2.24) is 9.80 Å². The second-order valence-corrected chi connectivity index (χ2v) is 9.90. The van der Waals surface area contributed by atoms with Crippen LogP contribution in [0.2, 0.25) is 0 Å². The molecular weight excluding hydrogens is 412 g/mol. The molecule has 2 amide bonds. The maximum atomic E-state index is 12.9. The van der Waals surface area contributed by atoms with Crippen LogP contribution in [0, 0.1) is 12.3 Å². The molecule has 2 aliphatic heterocycles. The first kappa shape index (κ1) is 23.3. The number of carbonyl (C=O) groups excluding carboxylic acids is 2. The number of nitrogens with zero attached hydrogens (tertiary/aromatic N) is 2. The van der Waals surface area contributed by atoms with E-state index in [0.717, 1.165) is 69.5 Å². The lowest BCUT2D eigenvalue weighted by atomic mass is 9.73. The van der Waals surface area contributed by atoms with Crippen molar-refractivity contribution in [3.05, 3.63) is 65.2 Å². The molecule has 1 spiro atoms. The molecule has 0 radical (unpaired) electrons. The van der Waals surface area contributed by atoms with E-state index < -0.39 is 0 Å². The summed E-state index contributed by atoms with van der Waals surface area (Å²) < 4.78 is 5.89. The van der Waals surface area contributed by atoms with E-state index in [-0.39, 0.29) is 23.8 Å². The Morgan fingerprint density at radius 1 is 1.00 bits per heavy atom. The van der Waals surface area contributed by atoms with Crippen LogP contribution in [0.15, 0.2) is 48.5 Å². The van der Waals surface area contributed by atoms with Gasteiger partial charge in [-0.1, -0.05) is 54.4 Å². The molecule has 0 saturated carbocycles. The van der Waals surface area contributed by atoms with E-state index in [9.17, 15) is 9.59 Å². The molecule has 0 bridgehead atoms. The molecule has 5 heteroatoms. The summed E-state index contributed by atoms with van der Waals surface area (Å²) in [5.74, 6) is 1.05. The minimum absolute atomic E-state index is 0.0163. The van der Waals surface area contributed by atoms with Crippen LogP contribution >= 0.6 is 0 Å². The SMILES string of the molecule is Cc1ccc(CC(=O)N2CCC3(CCCCc4ccccc4OCC(=O)N(C)C3)CC2)cc1. The summed E-state index contributed by atoms with van der Waals surface area (Å²) in [6.07, 6.45) is 6.64. The summed E-state index contributed by atoms with van der Waals surface area (Å²) >= 11 is 0. The Bertz CT molecular complexity index is 961. The fourth-order valence-corrected chi connectivity index (χ4v) is 5.22. The number of hydrogen-bond acceptors (Lipinski definition) is 3. The topological polar surface area (TPSA) is 49.9 Å². The van der Waals surface area contributed by atoms with E-state index in [0.29, 0.717) is 6.42 Å². The van der Waals surface area contributed by atoms with Gasteiger partial charge in [0.1, 0.15) is 5.75 Å². The number of piperidine rings is 1. The highest BCUT2D eigenvalue weighted by molar-refractivity contribution is 5.79. The lowest BCUT2D eigenvalue weighted by molar-refractivity contribution is -0.137. The Labute approximate surface area is 197 Å². The van der Waals surface area contributed by atoms with Gasteiger partial charge in [-0.05, 0) is 61.6 Å². The van der Waals surface area contributed by atoms with Crippen LogP contribution < -0.4 is 4.74 Å². The number of fused-ring (bicyclic) bond motifs is 1. The van der Waals surface area contributed by atoms with Crippen LogP contribution in [0.3, 0.4) is 0 Å². The average molecular weight is 449 g/mol. The predicted molar refractivity (Wildman–Crippen MR) is 130 cm³/mol.